The molecule has 5 nitrogen and oxygen atoms in total. The van der Waals surface area contributed by atoms with Crippen LogP contribution in [0.15, 0.2) is 35.1 Å². The Balaban J connectivity index is 1.84. The number of methoxy groups -OCH3 is 1. The van der Waals surface area contributed by atoms with E-state index in [1.165, 1.54) is 0 Å². The van der Waals surface area contributed by atoms with E-state index in [0.717, 1.165) is 43.5 Å². The normalized spacial score (nSPS) is 11.0. The minimum absolute atomic E-state index is 0.0494. The third-order valence-electron chi connectivity index (χ3n) is 3.34. The minimum atomic E-state index is -0.956. The number of hydrogen-bond donors (Lipinski definition) is 1. The van der Waals surface area contributed by atoms with Gasteiger partial charge in [-0.05, 0) is 30.2 Å². The highest BCUT2D eigenvalue weighted by molar-refractivity contribution is 7.27. The van der Waals surface area contributed by atoms with E-state index in [2.05, 4.69) is 0 Å². The van der Waals surface area contributed by atoms with E-state index < -0.39 is 5.97 Å². The van der Waals surface area contributed by atoms with Crippen LogP contribution in [0.5, 0.6) is 5.75 Å². The van der Waals surface area contributed by atoms with Crippen molar-refractivity contribution in [1.82, 2.24) is 4.57 Å². The molecule has 3 rings (SSSR count). The highest BCUT2D eigenvalue weighted by Crippen LogP contribution is 2.28. The monoisotopic (exact) mass is 335 g/mol. The third kappa shape index (κ3) is 2.77. The van der Waals surface area contributed by atoms with Crippen LogP contribution in [0, 0.1) is 0 Å². The summed E-state index contributed by atoms with van der Waals surface area (Å²) in [7, 11) is 1.62. The summed E-state index contributed by atoms with van der Waals surface area (Å²) in [6.45, 7) is 0.532. The van der Waals surface area contributed by atoms with Crippen LogP contribution in [-0.2, 0) is 13.0 Å². The van der Waals surface area contributed by atoms with Crippen molar-refractivity contribution in [2.45, 2.75) is 13.0 Å². The maximum Gasteiger partial charge on any atom is 0.345 e. The average molecular weight is 335 g/mol. The van der Waals surface area contributed by atoms with E-state index >= 15 is 0 Å². The largest absolute Gasteiger partial charge is 0.497 e. The van der Waals surface area contributed by atoms with Gasteiger partial charge in [-0.2, -0.15) is 0 Å². The highest BCUT2D eigenvalue weighted by Gasteiger charge is 2.15. The van der Waals surface area contributed by atoms with Gasteiger partial charge in [0, 0.05) is 6.54 Å². The minimum Gasteiger partial charge on any atom is -0.497 e. The Bertz CT molecular complexity index is 873. The summed E-state index contributed by atoms with van der Waals surface area (Å²) in [5.74, 6) is -0.161. The van der Waals surface area contributed by atoms with Gasteiger partial charge in [-0.25, -0.2) is 4.79 Å². The van der Waals surface area contributed by atoms with Gasteiger partial charge in [0.05, 0.1) is 11.8 Å². The molecule has 1 aromatic carbocycles. The van der Waals surface area contributed by atoms with E-state index in [0.29, 0.717) is 13.0 Å². The Kier molecular flexibility index (Phi) is 4.00. The Morgan fingerprint density at radius 2 is 2.00 bits per heavy atom. The van der Waals surface area contributed by atoms with Crippen LogP contribution in [0.3, 0.4) is 0 Å². The van der Waals surface area contributed by atoms with Crippen molar-refractivity contribution in [2.24, 2.45) is 0 Å². The second-order valence-corrected chi connectivity index (χ2v) is 6.73. The summed E-state index contributed by atoms with van der Waals surface area (Å²) >= 11 is 2.24. The van der Waals surface area contributed by atoms with Crippen molar-refractivity contribution in [3.05, 3.63) is 50.4 Å². The van der Waals surface area contributed by atoms with E-state index in [1.54, 1.807) is 17.7 Å². The summed E-state index contributed by atoms with van der Waals surface area (Å²) < 4.78 is 7.51. The molecule has 0 aliphatic carbocycles. The lowest BCUT2D eigenvalue weighted by Crippen LogP contribution is -2.13. The van der Waals surface area contributed by atoms with Crippen molar-refractivity contribution in [1.29, 1.82) is 0 Å². The SMILES string of the molecule is COc1ccc(CCn2c(=O)sc3cc(C(=O)O)sc32)cc1. The van der Waals surface area contributed by atoms with Gasteiger partial charge in [0.2, 0.25) is 0 Å². The number of fused-ring (bicyclic) bond motifs is 1. The summed E-state index contributed by atoms with van der Waals surface area (Å²) in [6, 6.07) is 9.26. The lowest BCUT2D eigenvalue weighted by atomic mass is 10.1. The number of aromatic carboxylic acids is 1. The van der Waals surface area contributed by atoms with Crippen LogP contribution in [0.4, 0.5) is 0 Å². The van der Waals surface area contributed by atoms with Gasteiger partial charge in [0.25, 0.3) is 0 Å². The molecule has 22 heavy (non-hydrogen) atoms. The quantitative estimate of drug-likeness (QED) is 0.778. The van der Waals surface area contributed by atoms with Crippen molar-refractivity contribution >= 4 is 38.2 Å². The van der Waals surface area contributed by atoms with Gasteiger partial charge in [0.1, 0.15) is 15.5 Å². The standard InChI is InChI=1S/C15H13NO4S2/c1-20-10-4-2-9(3-5-10)6-7-16-13-11(22-15(16)19)8-12(21-13)14(17)18/h2-5,8H,6-7H2,1H3,(H,17,18). The number of hydrogen-bond acceptors (Lipinski definition) is 5. The zero-order valence-electron chi connectivity index (χ0n) is 11.7. The van der Waals surface area contributed by atoms with Crippen molar-refractivity contribution in [3.63, 3.8) is 0 Å². The number of thiazole rings is 1. The molecule has 0 amide bonds. The summed E-state index contributed by atoms with van der Waals surface area (Å²) in [6.07, 6.45) is 0.704. The van der Waals surface area contributed by atoms with Gasteiger partial charge >= 0.3 is 10.8 Å². The summed E-state index contributed by atoms with van der Waals surface area (Å²) in [4.78, 5) is 24.0. The number of carbonyl (C=O) groups is 1. The molecule has 0 fully saturated rings. The number of carboxylic acid groups (broad SMARTS) is 1. The Labute approximate surface area is 134 Å². The van der Waals surface area contributed by atoms with Crippen LogP contribution < -0.4 is 9.61 Å². The average Bonchev–Trinajstić information content (AvgIpc) is 3.03. The molecule has 114 valence electrons. The lowest BCUT2D eigenvalue weighted by molar-refractivity contribution is 0.0702. The van der Waals surface area contributed by atoms with Crippen molar-refractivity contribution < 1.29 is 14.6 Å². The number of nitrogens with zero attached hydrogens (tertiary/aromatic N) is 1. The molecular formula is C15H13NO4S2. The fraction of sp³-hybridized carbons (Fsp3) is 0.200. The molecule has 0 unspecified atom stereocenters. The molecule has 1 N–H and O–H groups in total. The van der Waals surface area contributed by atoms with Gasteiger partial charge < -0.3 is 9.84 Å². The zero-order chi connectivity index (χ0) is 15.7. The third-order valence-corrected chi connectivity index (χ3v) is 5.54. The molecule has 7 heteroatoms. The predicted molar refractivity (Wildman–Crippen MR) is 87.6 cm³/mol. The Hall–Kier alpha value is -2.12. The maximum absolute atomic E-state index is 12.0. The first kappa shape index (κ1) is 14.8. The number of ether oxygens (including phenoxy) is 1. The molecule has 0 bridgehead atoms. The molecule has 0 atom stereocenters. The topological polar surface area (TPSA) is 68.5 Å². The van der Waals surface area contributed by atoms with Crippen LogP contribution in [0.1, 0.15) is 15.2 Å². The highest BCUT2D eigenvalue weighted by atomic mass is 32.1. The van der Waals surface area contributed by atoms with Crippen LogP contribution in [0.2, 0.25) is 0 Å². The summed E-state index contributed by atoms with van der Waals surface area (Å²) in [5.41, 5.74) is 1.10. The van der Waals surface area contributed by atoms with Crippen LogP contribution in [0.25, 0.3) is 9.53 Å². The van der Waals surface area contributed by atoms with Gasteiger partial charge in [0.15, 0.2) is 0 Å². The zero-order valence-corrected chi connectivity index (χ0v) is 13.4. The van der Waals surface area contributed by atoms with Gasteiger partial charge in [-0.15, -0.1) is 11.3 Å². The summed E-state index contributed by atoms with van der Waals surface area (Å²) in [5, 5.41) is 9.04. The van der Waals surface area contributed by atoms with E-state index in [9.17, 15) is 9.59 Å². The molecular weight excluding hydrogens is 322 g/mol. The molecule has 0 aliphatic rings. The second kappa shape index (κ2) is 5.94. The molecule has 0 spiro atoms. The fourth-order valence-corrected chi connectivity index (χ4v) is 4.34. The number of rotatable bonds is 5. The Morgan fingerprint density at radius 3 is 2.64 bits per heavy atom. The maximum atomic E-state index is 12.0. The first-order valence-electron chi connectivity index (χ1n) is 6.58. The van der Waals surface area contributed by atoms with Gasteiger partial charge in [-0.1, -0.05) is 23.5 Å². The molecule has 2 aromatic heterocycles. The van der Waals surface area contributed by atoms with Crippen LogP contribution in [-0.4, -0.2) is 22.8 Å². The Morgan fingerprint density at radius 1 is 1.27 bits per heavy atom. The molecule has 0 aliphatic heterocycles. The van der Waals surface area contributed by atoms with Crippen molar-refractivity contribution in [2.75, 3.05) is 7.11 Å². The number of carboxylic acids is 1. The van der Waals surface area contributed by atoms with E-state index in [1.807, 2.05) is 24.3 Å². The molecule has 2 heterocycles. The smallest absolute Gasteiger partial charge is 0.345 e. The molecule has 0 radical (unpaired) electrons. The van der Waals surface area contributed by atoms with E-state index in [-0.39, 0.29) is 9.75 Å². The number of aromatic nitrogens is 1. The van der Waals surface area contributed by atoms with Crippen LogP contribution >= 0.6 is 22.7 Å². The fourth-order valence-electron chi connectivity index (χ4n) is 2.19. The molecule has 0 saturated carbocycles. The van der Waals surface area contributed by atoms with Crippen molar-refractivity contribution in [3.8, 4) is 5.75 Å². The number of aryl methyl sites for hydroxylation is 2. The molecule has 3 aromatic rings. The predicted octanol–water partition coefficient (Wildman–Crippen LogP) is 3.07. The van der Waals surface area contributed by atoms with Gasteiger partial charge in [-0.3, -0.25) is 9.36 Å². The molecule has 0 saturated heterocycles. The first-order valence-corrected chi connectivity index (χ1v) is 8.21. The lowest BCUT2D eigenvalue weighted by Gasteiger charge is -2.04. The number of benzene rings is 1. The second-order valence-electron chi connectivity index (χ2n) is 4.70. The first-order chi connectivity index (χ1) is 10.6. The van der Waals surface area contributed by atoms with E-state index in [4.69, 9.17) is 9.84 Å². The number of thiophene rings is 1.